The first-order valence-corrected chi connectivity index (χ1v) is 12.8. The van der Waals surface area contributed by atoms with E-state index in [1.54, 1.807) is 0 Å². The lowest BCUT2D eigenvalue weighted by molar-refractivity contribution is -0.0390. The quantitative estimate of drug-likeness (QED) is 0.496. The highest BCUT2D eigenvalue weighted by molar-refractivity contribution is 5.79. The fourth-order valence-electron chi connectivity index (χ4n) is 5.32. The van der Waals surface area contributed by atoms with Crippen LogP contribution >= 0.6 is 0 Å². The van der Waals surface area contributed by atoms with Crippen LogP contribution in [0.4, 0.5) is 0 Å². The van der Waals surface area contributed by atoms with E-state index < -0.39 is 0 Å². The van der Waals surface area contributed by atoms with Crippen molar-refractivity contribution in [3.63, 3.8) is 0 Å². The van der Waals surface area contributed by atoms with E-state index >= 15 is 0 Å². The van der Waals surface area contributed by atoms with E-state index in [0.717, 1.165) is 44.6 Å². The molecule has 0 spiro atoms. The number of nitrogens with zero attached hydrogens (tertiary/aromatic N) is 2. The third-order valence-electron chi connectivity index (χ3n) is 7.29. The summed E-state index contributed by atoms with van der Waals surface area (Å²) < 4.78 is 11.5. The van der Waals surface area contributed by atoms with Crippen LogP contribution in [0.5, 0.6) is 0 Å². The second kappa shape index (κ2) is 12.6. The molecule has 32 heavy (non-hydrogen) atoms. The Bertz CT molecular complexity index is 706. The van der Waals surface area contributed by atoms with E-state index in [-0.39, 0.29) is 0 Å². The topological polar surface area (TPSA) is 58.1 Å². The molecule has 0 bridgehead atoms. The van der Waals surface area contributed by atoms with Gasteiger partial charge in [-0.3, -0.25) is 4.99 Å². The fraction of sp³-hybridized carbons (Fsp3) is 0.731. The summed E-state index contributed by atoms with van der Waals surface area (Å²) in [6.07, 6.45) is 11.8. The van der Waals surface area contributed by atoms with Gasteiger partial charge in [-0.05, 0) is 49.7 Å². The van der Waals surface area contributed by atoms with Gasteiger partial charge in [0.15, 0.2) is 5.96 Å². The monoisotopic (exact) mass is 442 g/mol. The molecule has 4 rings (SSSR count). The first kappa shape index (κ1) is 23.5. The fourth-order valence-corrected chi connectivity index (χ4v) is 5.32. The van der Waals surface area contributed by atoms with Crippen LogP contribution in [0.3, 0.4) is 0 Å². The Morgan fingerprint density at radius 3 is 2.53 bits per heavy atom. The van der Waals surface area contributed by atoms with E-state index in [9.17, 15) is 0 Å². The Hall–Kier alpha value is -1.63. The lowest BCUT2D eigenvalue weighted by Crippen LogP contribution is -2.50. The van der Waals surface area contributed by atoms with Crippen molar-refractivity contribution in [3.05, 3.63) is 35.4 Å². The zero-order chi connectivity index (χ0) is 22.0. The highest BCUT2D eigenvalue weighted by Crippen LogP contribution is 2.25. The molecule has 178 valence electrons. The van der Waals surface area contributed by atoms with E-state index in [4.69, 9.17) is 9.47 Å². The molecular formula is C26H42N4O2. The second-order valence-corrected chi connectivity index (χ2v) is 9.61. The average molecular weight is 443 g/mol. The number of hydrogen-bond acceptors (Lipinski definition) is 4. The SMILES string of the molecule is CN=C(NCc1cccc(COC2CCOCC2)c1)NC1CCN(C2CCCCC2)CC1. The summed E-state index contributed by atoms with van der Waals surface area (Å²) >= 11 is 0. The second-order valence-electron chi connectivity index (χ2n) is 9.61. The van der Waals surface area contributed by atoms with Crippen molar-refractivity contribution in [1.82, 2.24) is 15.5 Å². The largest absolute Gasteiger partial charge is 0.381 e. The smallest absolute Gasteiger partial charge is 0.191 e. The maximum absolute atomic E-state index is 6.08. The number of ether oxygens (including phenoxy) is 2. The zero-order valence-corrected chi connectivity index (χ0v) is 19.9. The number of aliphatic imine (C=N–C) groups is 1. The molecule has 1 saturated carbocycles. The molecular weight excluding hydrogens is 400 g/mol. The highest BCUT2D eigenvalue weighted by Gasteiger charge is 2.26. The summed E-state index contributed by atoms with van der Waals surface area (Å²) in [5, 5.41) is 7.17. The Balaban J connectivity index is 1.18. The van der Waals surface area contributed by atoms with Crippen LogP contribution in [-0.4, -0.2) is 62.4 Å². The molecule has 0 amide bonds. The first-order valence-electron chi connectivity index (χ1n) is 12.8. The number of likely N-dealkylation sites (tertiary alicyclic amines) is 1. The molecule has 1 aliphatic carbocycles. The number of rotatable bonds is 7. The molecule has 3 fully saturated rings. The molecule has 2 N–H and O–H groups in total. The summed E-state index contributed by atoms with van der Waals surface area (Å²) in [5.74, 6) is 0.907. The van der Waals surface area contributed by atoms with E-state index in [1.165, 1.54) is 69.2 Å². The van der Waals surface area contributed by atoms with Gasteiger partial charge >= 0.3 is 0 Å². The van der Waals surface area contributed by atoms with E-state index in [2.05, 4.69) is 44.8 Å². The van der Waals surface area contributed by atoms with Crippen LogP contribution in [0.1, 0.15) is 68.9 Å². The molecule has 1 aromatic rings. The zero-order valence-electron chi connectivity index (χ0n) is 19.9. The summed E-state index contributed by atoms with van der Waals surface area (Å²) in [6.45, 7) is 5.51. The molecule has 0 unspecified atom stereocenters. The van der Waals surface area contributed by atoms with Crippen molar-refractivity contribution in [2.75, 3.05) is 33.4 Å². The van der Waals surface area contributed by atoms with Crippen molar-refractivity contribution < 1.29 is 9.47 Å². The summed E-state index contributed by atoms with van der Waals surface area (Å²) in [6, 6.07) is 10.0. The molecule has 0 radical (unpaired) electrons. The molecule has 6 nitrogen and oxygen atoms in total. The number of hydrogen-bond donors (Lipinski definition) is 2. The number of nitrogens with one attached hydrogen (secondary N) is 2. The predicted molar refractivity (Wildman–Crippen MR) is 130 cm³/mol. The number of guanidine groups is 1. The number of piperidine rings is 1. The van der Waals surface area contributed by atoms with Crippen molar-refractivity contribution >= 4 is 5.96 Å². The molecule has 3 aliphatic rings. The van der Waals surface area contributed by atoms with Gasteiger partial charge in [0.1, 0.15) is 0 Å². The average Bonchev–Trinajstić information content (AvgIpc) is 2.87. The van der Waals surface area contributed by atoms with E-state index in [0.29, 0.717) is 18.8 Å². The Labute approximate surface area is 194 Å². The maximum Gasteiger partial charge on any atom is 0.191 e. The molecule has 2 heterocycles. The molecule has 2 saturated heterocycles. The third kappa shape index (κ3) is 7.19. The van der Waals surface area contributed by atoms with Gasteiger partial charge in [-0.15, -0.1) is 0 Å². The minimum absolute atomic E-state index is 0.332. The van der Waals surface area contributed by atoms with Gasteiger partial charge in [-0.25, -0.2) is 0 Å². The van der Waals surface area contributed by atoms with Crippen LogP contribution in [-0.2, 0) is 22.6 Å². The van der Waals surface area contributed by atoms with Gasteiger partial charge in [-0.1, -0.05) is 43.5 Å². The predicted octanol–water partition coefficient (Wildman–Crippen LogP) is 3.84. The lowest BCUT2D eigenvalue weighted by atomic mass is 9.92. The van der Waals surface area contributed by atoms with Gasteiger partial charge in [0.2, 0.25) is 0 Å². The van der Waals surface area contributed by atoms with Crippen molar-refractivity contribution in [3.8, 4) is 0 Å². The standard InChI is InChI=1S/C26H42N4O2/c1-27-26(29-23-10-14-30(15-11-23)24-8-3-2-4-9-24)28-19-21-6-5-7-22(18-21)20-32-25-12-16-31-17-13-25/h5-7,18,23-25H,2-4,8-17,19-20H2,1H3,(H2,27,28,29). The van der Waals surface area contributed by atoms with E-state index in [1.807, 2.05) is 7.05 Å². The Morgan fingerprint density at radius 2 is 1.78 bits per heavy atom. The van der Waals surface area contributed by atoms with Crippen molar-refractivity contribution in [2.45, 2.75) is 89.1 Å². The molecule has 1 aromatic carbocycles. The normalized spacial score (nSPS) is 22.7. The first-order chi connectivity index (χ1) is 15.8. The lowest BCUT2D eigenvalue weighted by Gasteiger charge is -2.39. The van der Waals surface area contributed by atoms with Crippen molar-refractivity contribution in [2.24, 2.45) is 4.99 Å². The Kier molecular flexibility index (Phi) is 9.24. The molecule has 6 heteroatoms. The van der Waals surface area contributed by atoms with Gasteiger partial charge in [0.25, 0.3) is 0 Å². The third-order valence-corrected chi connectivity index (χ3v) is 7.29. The molecule has 0 atom stereocenters. The van der Waals surface area contributed by atoms with Gasteiger partial charge < -0.3 is 25.0 Å². The van der Waals surface area contributed by atoms with Crippen LogP contribution in [0.15, 0.2) is 29.3 Å². The van der Waals surface area contributed by atoms with Crippen LogP contribution in [0, 0.1) is 0 Å². The molecule has 0 aromatic heterocycles. The maximum atomic E-state index is 6.08. The van der Waals surface area contributed by atoms with Crippen LogP contribution in [0.2, 0.25) is 0 Å². The van der Waals surface area contributed by atoms with Crippen LogP contribution < -0.4 is 10.6 Å². The minimum atomic E-state index is 0.332. The molecule has 2 aliphatic heterocycles. The summed E-state index contributed by atoms with van der Waals surface area (Å²) in [7, 11) is 1.87. The van der Waals surface area contributed by atoms with Gasteiger partial charge in [0, 0.05) is 52.0 Å². The summed E-state index contributed by atoms with van der Waals surface area (Å²) in [5.41, 5.74) is 2.49. The minimum Gasteiger partial charge on any atom is -0.381 e. The van der Waals surface area contributed by atoms with Gasteiger partial charge in [0.05, 0.1) is 12.7 Å². The number of benzene rings is 1. The van der Waals surface area contributed by atoms with Gasteiger partial charge in [-0.2, -0.15) is 0 Å². The summed E-state index contributed by atoms with van der Waals surface area (Å²) in [4.78, 5) is 7.21. The Morgan fingerprint density at radius 1 is 1.03 bits per heavy atom. The van der Waals surface area contributed by atoms with Crippen LogP contribution in [0.25, 0.3) is 0 Å². The van der Waals surface area contributed by atoms with Crippen molar-refractivity contribution in [1.29, 1.82) is 0 Å². The highest BCUT2D eigenvalue weighted by atomic mass is 16.5.